The molecule has 2 fully saturated rings. The summed E-state index contributed by atoms with van der Waals surface area (Å²) in [6.07, 6.45) is 3.36. The second kappa shape index (κ2) is 10.9. The molecule has 9 nitrogen and oxygen atoms in total. The molecular weight excluding hydrogens is 496 g/mol. The quantitative estimate of drug-likeness (QED) is 0.443. The maximum atomic E-state index is 13.7. The Balaban J connectivity index is 1.46. The van der Waals surface area contributed by atoms with E-state index in [0.29, 0.717) is 36.2 Å². The summed E-state index contributed by atoms with van der Waals surface area (Å²) in [6.45, 7) is 8.63. The fourth-order valence-corrected chi connectivity index (χ4v) is 6.60. The second-order valence-electron chi connectivity index (χ2n) is 10.1. The molecule has 3 N–H and O–H groups in total. The Kier molecular flexibility index (Phi) is 8.11. The fraction of sp³-hybridized carbons (Fsp3) is 0.600. The lowest BCUT2D eigenvalue weighted by molar-refractivity contribution is -0.125. The standard InChI is InChI=1S/C25H36N6O3S2/c1-15(2)27-23(33)25(35)10-5-11-31(14-25)17-8-12-30(13-9-17)22(32)19-18-7-6-16(3)28-20(18)36-21(19)29-24(34)26-4/h6-7,15,17,35H,5,8-14H2,1-4H3,(H,27,33)(H2,26,29,34). The van der Waals surface area contributed by atoms with Crippen LogP contribution in [0.15, 0.2) is 12.1 Å². The molecule has 2 aromatic rings. The first kappa shape index (κ1) is 26.7. The van der Waals surface area contributed by atoms with Crippen LogP contribution in [-0.2, 0) is 4.79 Å². The van der Waals surface area contributed by atoms with E-state index in [2.05, 4.69) is 25.8 Å². The van der Waals surface area contributed by atoms with E-state index in [0.717, 1.165) is 48.1 Å². The number of hydrogen-bond donors (Lipinski definition) is 4. The van der Waals surface area contributed by atoms with Gasteiger partial charge in [0.2, 0.25) is 5.91 Å². The third-order valence-electron chi connectivity index (χ3n) is 6.97. The molecule has 2 saturated heterocycles. The Bertz CT molecular complexity index is 1140. The molecule has 4 heterocycles. The Morgan fingerprint density at radius 3 is 2.58 bits per heavy atom. The van der Waals surface area contributed by atoms with Crippen molar-refractivity contribution in [2.75, 3.05) is 38.5 Å². The van der Waals surface area contributed by atoms with Gasteiger partial charge in [0, 0.05) is 49.8 Å². The summed E-state index contributed by atoms with van der Waals surface area (Å²) in [7, 11) is 1.55. The second-order valence-corrected chi connectivity index (χ2v) is 11.9. The van der Waals surface area contributed by atoms with Crippen molar-refractivity contribution in [1.82, 2.24) is 25.4 Å². The number of nitrogens with one attached hydrogen (secondary N) is 3. The van der Waals surface area contributed by atoms with E-state index < -0.39 is 4.75 Å². The molecule has 0 saturated carbocycles. The largest absolute Gasteiger partial charge is 0.353 e. The van der Waals surface area contributed by atoms with Gasteiger partial charge in [0.25, 0.3) is 5.91 Å². The summed E-state index contributed by atoms with van der Waals surface area (Å²) >= 11 is 6.13. The molecule has 0 spiro atoms. The van der Waals surface area contributed by atoms with Gasteiger partial charge < -0.3 is 15.5 Å². The van der Waals surface area contributed by atoms with Crippen molar-refractivity contribution in [3.63, 3.8) is 0 Å². The Labute approximate surface area is 221 Å². The molecule has 2 aliphatic heterocycles. The van der Waals surface area contributed by atoms with Crippen LogP contribution in [0, 0.1) is 6.92 Å². The van der Waals surface area contributed by atoms with Crippen molar-refractivity contribution in [2.45, 2.75) is 63.3 Å². The minimum absolute atomic E-state index is 0.00229. The summed E-state index contributed by atoms with van der Waals surface area (Å²) in [5.41, 5.74) is 1.36. The SMILES string of the molecule is CNC(=O)Nc1sc2nc(C)ccc2c1C(=O)N1CCC(N2CCCC(S)(C(=O)NC(C)C)C2)CC1. The number of thiol groups is 1. The number of likely N-dealkylation sites (tertiary alicyclic amines) is 2. The van der Waals surface area contributed by atoms with Crippen LogP contribution < -0.4 is 16.0 Å². The lowest BCUT2D eigenvalue weighted by Crippen LogP contribution is -2.58. The summed E-state index contributed by atoms with van der Waals surface area (Å²) in [5, 5.41) is 9.66. The summed E-state index contributed by atoms with van der Waals surface area (Å²) in [5.74, 6) is -0.0854. The van der Waals surface area contributed by atoms with E-state index in [1.165, 1.54) is 11.3 Å². The summed E-state index contributed by atoms with van der Waals surface area (Å²) in [4.78, 5) is 48.1. The number of fused-ring (bicyclic) bond motifs is 1. The van der Waals surface area contributed by atoms with Crippen LogP contribution in [-0.4, -0.2) is 82.7 Å². The van der Waals surface area contributed by atoms with E-state index in [1.54, 1.807) is 7.05 Å². The van der Waals surface area contributed by atoms with Crippen LogP contribution in [0.5, 0.6) is 0 Å². The van der Waals surface area contributed by atoms with Crippen LogP contribution in [0.1, 0.15) is 55.6 Å². The number of carbonyl (C=O) groups excluding carboxylic acids is 3. The molecule has 196 valence electrons. The number of hydrogen-bond acceptors (Lipinski definition) is 7. The maximum Gasteiger partial charge on any atom is 0.319 e. The Morgan fingerprint density at radius 1 is 1.19 bits per heavy atom. The third-order valence-corrected chi connectivity index (χ3v) is 8.56. The smallest absolute Gasteiger partial charge is 0.319 e. The number of anilines is 1. The molecule has 2 aromatic heterocycles. The van der Waals surface area contributed by atoms with Crippen molar-refractivity contribution in [2.24, 2.45) is 0 Å². The highest BCUT2D eigenvalue weighted by atomic mass is 32.1. The van der Waals surface area contributed by atoms with Gasteiger partial charge in [0.1, 0.15) is 14.6 Å². The van der Waals surface area contributed by atoms with Crippen molar-refractivity contribution >= 4 is 57.0 Å². The third kappa shape index (κ3) is 5.63. The van der Waals surface area contributed by atoms with Gasteiger partial charge in [-0.15, -0.1) is 0 Å². The van der Waals surface area contributed by atoms with E-state index in [-0.39, 0.29) is 23.9 Å². The first-order valence-corrected chi connectivity index (χ1v) is 13.8. The highest BCUT2D eigenvalue weighted by molar-refractivity contribution is 7.82. The van der Waals surface area contributed by atoms with Crippen LogP contribution in [0.3, 0.4) is 0 Å². The van der Waals surface area contributed by atoms with E-state index in [1.807, 2.05) is 37.8 Å². The zero-order chi connectivity index (χ0) is 26.0. The zero-order valence-electron chi connectivity index (χ0n) is 21.4. The van der Waals surface area contributed by atoms with Crippen LogP contribution in [0.2, 0.25) is 0 Å². The molecule has 0 aromatic carbocycles. The predicted molar refractivity (Wildman–Crippen MR) is 147 cm³/mol. The normalized spacial score (nSPS) is 21.6. The molecule has 1 atom stereocenters. The van der Waals surface area contributed by atoms with Gasteiger partial charge in [-0.2, -0.15) is 12.6 Å². The van der Waals surface area contributed by atoms with Gasteiger partial charge in [-0.3, -0.25) is 19.8 Å². The molecule has 1 unspecified atom stereocenters. The highest BCUT2D eigenvalue weighted by Gasteiger charge is 2.41. The lowest BCUT2D eigenvalue weighted by Gasteiger charge is -2.45. The monoisotopic (exact) mass is 532 g/mol. The minimum Gasteiger partial charge on any atom is -0.353 e. The number of carbonyl (C=O) groups is 3. The number of aryl methyl sites for hydroxylation is 1. The number of aromatic nitrogens is 1. The number of nitrogens with zero attached hydrogens (tertiary/aromatic N) is 3. The average Bonchev–Trinajstić information content (AvgIpc) is 3.19. The van der Waals surface area contributed by atoms with Gasteiger partial charge in [-0.1, -0.05) is 11.3 Å². The van der Waals surface area contributed by atoms with Crippen molar-refractivity contribution in [3.8, 4) is 0 Å². The van der Waals surface area contributed by atoms with E-state index in [4.69, 9.17) is 12.6 Å². The highest BCUT2D eigenvalue weighted by Crippen LogP contribution is 2.37. The van der Waals surface area contributed by atoms with Crippen LogP contribution in [0.4, 0.5) is 9.80 Å². The molecule has 2 aliphatic rings. The molecule has 4 amide bonds. The van der Waals surface area contributed by atoms with Gasteiger partial charge in [-0.25, -0.2) is 9.78 Å². The molecule has 11 heteroatoms. The zero-order valence-corrected chi connectivity index (χ0v) is 23.1. The van der Waals surface area contributed by atoms with Gasteiger partial charge in [0.05, 0.1) is 5.56 Å². The lowest BCUT2D eigenvalue weighted by atomic mass is 9.92. The van der Waals surface area contributed by atoms with Gasteiger partial charge in [0.15, 0.2) is 0 Å². The number of urea groups is 1. The summed E-state index contributed by atoms with van der Waals surface area (Å²) in [6, 6.07) is 3.82. The Morgan fingerprint density at radius 2 is 1.92 bits per heavy atom. The molecule has 0 bridgehead atoms. The average molecular weight is 533 g/mol. The number of pyridine rings is 1. The minimum atomic E-state index is -0.684. The van der Waals surface area contributed by atoms with Crippen molar-refractivity contribution < 1.29 is 14.4 Å². The van der Waals surface area contributed by atoms with Crippen LogP contribution in [0.25, 0.3) is 10.2 Å². The van der Waals surface area contributed by atoms with Crippen LogP contribution >= 0.6 is 24.0 Å². The topological polar surface area (TPSA) is 107 Å². The van der Waals surface area contributed by atoms with Crippen molar-refractivity contribution in [1.29, 1.82) is 0 Å². The van der Waals surface area contributed by atoms with Gasteiger partial charge in [-0.05, 0) is 65.1 Å². The number of rotatable bonds is 5. The number of thiophene rings is 1. The molecule has 36 heavy (non-hydrogen) atoms. The molecule has 0 radical (unpaired) electrons. The molecular formula is C25H36N6O3S2. The number of piperidine rings is 2. The molecule has 0 aliphatic carbocycles. The first-order chi connectivity index (χ1) is 17.1. The van der Waals surface area contributed by atoms with Crippen molar-refractivity contribution in [3.05, 3.63) is 23.4 Å². The Hall–Kier alpha value is -2.37. The molecule has 4 rings (SSSR count). The summed E-state index contributed by atoms with van der Waals surface area (Å²) < 4.78 is -0.684. The van der Waals surface area contributed by atoms with E-state index in [9.17, 15) is 14.4 Å². The van der Waals surface area contributed by atoms with Gasteiger partial charge >= 0.3 is 6.03 Å². The predicted octanol–water partition coefficient (Wildman–Crippen LogP) is 3.25. The fourth-order valence-electron chi connectivity index (χ4n) is 5.09. The van der Waals surface area contributed by atoms with E-state index >= 15 is 0 Å². The first-order valence-electron chi connectivity index (χ1n) is 12.6. The number of amides is 4. The maximum absolute atomic E-state index is 13.7.